The highest BCUT2D eigenvalue weighted by molar-refractivity contribution is 8.78. The van der Waals surface area contributed by atoms with Gasteiger partial charge >= 0.3 is 24.1 Å². The monoisotopic (exact) mass is 440 g/mol. The van der Waals surface area contributed by atoms with Crippen molar-refractivity contribution < 1.29 is 38.9 Å². The van der Waals surface area contributed by atoms with E-state index in [2.05, 4.69) is 45.9 Å². The van der Waals surface area contributed by atoms with Gasteiger partial charge in [-0.05, 0) is 0 Å². The molecule has 0 aliphatic carbocycles. The minimum Gasteiger partial charge on any atom is -0.480 e. The molecule has 0 bridgehead atoms. The molecular weight excluding hydrogens is 420 g/mol. The number of thiol groups is 1. The number of ether oxygens (including phenoxy) is 2. The Balaban J connectivity index is 4.56. The number of carboxylic acid groups (broad SMARTS) is 2. The van der Waals surface area contributed by atoms with Crippen molar-refractivity contribution in [2.75, 3.05) is 19.0 Å². The van der Waals surface area contributed by atoms with Gasteiger partial charge in [0.1, 0.15) is 19.3 Å². The van der Waals surface area contributed by atoms with Crippen molar-refractivity contribution in [3.05, 3.63) is 25.3 Å². The molecule has 0 aromatic heterocycles. The Hall–Kier alpha value is -1.99. The first-order chi connectivity index (χ1) is 12.7. The minimum atomic E-state index is -1.39. The van der Waals surface area contributed by atoms with Gasteiger partial charge in [0.2, 0.25) is 0 Å². The minimum absolute atomic E-state index is 0.0767. The first kappa shape index (κ1) is 25.0. The standard InChI is InChI=1S/C14H20N2O8S3/c1-3-5-23-13(21)15-8(10(17)18)7-26-27-12(25)9(11(19)20)16-14(22)24-6-4-2/h3-4,8-9,12,25H,1-2,5-7H2,(H,15,21)(H,16,22)(H,17,18)(H,19,20)/t8-,9+,12?/m1/s1. The van der Waals surface area contributed by atoms with Gasteiger partial charge in [0, 0.05) is 5.75 Å². The number of amides is 2. The highest BCUT2D eigenvalue weighted by atomic mass is 33.1. The fourth-order valence-electron chi connectivity index (χ4n) is 1.28. The first-order valence-corrected chi connectivity index (χ1v) is 10.1. The van der Waals surface area contributed by atoms with Crippen molar-refractivity contribution in [1.82, 2.24) is 10.6 Å². The van der Waals surface area contributed by atoms with Gasteiger partial charge in [-0.3, -0.25) is 0 Å². The van der Waals surface area contributed by atoms with Crippen molar-refractivity contribution in [2.24, 2.45) is 0 Å². The van der Waals surface area contributed by atoms with Gasteiger partial charge in [0.25, 0.3) is 0 Å². The summed E-state index contributed by atoms with van der Waals surface area (Å²) in [6.07, 6.45) is 0.759. The zero-order valence-corrected chi connectivity index (χ0v) is 16.6. The number of carbonyl (C=O) groups is 4. The van der Waals surface area contributed by atoms with Crippen LogP contribution in [0.25, 0.3) is 0 Å². The molecule has 0 fully saturated rings. The van der Waals surface area contributed by atoms with Gasteiger partial charge in [0.15, 0.2) is 6.04 Å². The lowest BCUT2D eigenvalue weighted by Gasteiger charge is -2.20. The van der Waals surface area contributed by atoms with Crippen molar-refractivity contribution in [1.29, 1.82) is 0 Å². The van der Waals surface area contributed by atoms with Crippen LogP contribution in [-0.2, 0) is 19.1 Å². The number of carbonyl (C=O) groups excluding carboxylic acids is 2. The van der Waals surface area contributed by atoms with Crippen molar-refractivity contribution in [3.63, 3.8) is 0 Å². The van der Waals surface area contributed by atoms with Crippen molar-refractivity contribution >= 4 is 58.3 Å². The Morgan fingerprint density at radius 1 is 1.00 bits per heavy atom. The molecule has 0 radical (unpaired) electrons. The largest absolute Gasteiger partial charge is 0.480 e. The van der Waals surface area contributed by atoms with Gasteiger partial charge in [-0.15, -0.1) is 0 Å². The molecule has 0 aromatic carbocycles. The van der Waals surface area contributed by atoms with Crippen LogP contribution in [0.15, 0.2) is 25.3 Å². The molecule has 0 heterocycles. The van der Waals surface area contributed by atoms with E-state index in [9.17, 15) is 24.3 Å². The Kier molecular flexibility index (Phi) is 13.1. The second-order valence-electron chi connectivity index (χ2n) is 4.54. The molecule has 0 aliphatic rings. The van der Waals surface area contributed by atoms with Crippen LogP contribution in [0.1, 0.15) is 0 Å². The van der Waals surface area contributed by atoms with E-state index in [-0.39, 0.29) is 19.0 Å². The summed E-state index contributed by atoms with van der Waals surface area (Å²) in [4.78, 5) is 45.3. The Labute approximate surface area is 168 Å². The molecule has 27 heavy (non-hydrogen) atoms. The van der Waals surface area contributed by atoms with Gasteiger partial charge in [-0.25, -0.2) is 19.2 Å². The van der Waals surface area contributed by atoms with E-state index in [1.165, 1.54) is 12.2 Å². The van der Waals surface area contributed by atoms with Gasteiger partial charge in [0.05, 0.1) is 4.58 Å². The van der Waals surface area contributed by atoms with Gasteiger partial charge in [-0.1, -0.05) is 46.9 Å². The molecule has 2 amide bonds. The number of carboxylic acids is 2. The third-order valence-corrected chi connectivity index (χ3v) is 6.04. The second-order valence-corrected chi connectivity index (χ2v) is 8.00. The van der Waals surface area contributed by atoms with E-state index in [0.29, 0.717) is 0 Å². The molecule has 13 heteroatoms. The summed E-state index contributed by atoms with van der Waals surface area (Å²) in [5.41, 5.74) is 0. The maximum Gasteiger partial charge on any atom is 0.408 e. The summed E-state index contributed by atoms with van der Waals surface area (Å²) in [7, 11) is 1.86. The first-order valence-electron chi connectivity index (χ1n) is 7.23. The highest BCUT2D eigenvalue weighted by Gasteiger charge is 2.29. The number of aliphatic carboxylic acids is 2. The predicted molar refractivity (Wildman–Crippen MR) is 105 cm³/mol. The van der Waals surface area contributed by atoms with Crippen molar-refractivity contribution in [3.8, 4) is 0 Å². The quantitative estimate of drug-likeness (QED) is 0.123. The number of alkyl carbamates (subject to hydrolysis) is 2. The normalized spacial score (nSPS) is 13.4. The van der Waals surface area contributed by atoms with Crippen LogP contribution in [-0.4, -0.2) is 70.0 Å². The Bertz CT molecular complexity index is 560. The van der Waals surface area contributed by atoms with E-state index in [1.807, 2.05) is 0 Å². The smallest absolute Gasteiger partial charge is 0.408 e. The van der Waals surface area contributed by atoms with E-state index in [1.54, 1.807) is 0 Å². The van der Waals surface area contributed by atoms with E-state index < -0.39 is 40.8 Å². The molecular formula is C14H20N2O8S3. The average molecular weight is 441 g/mol. The SMILES string of the molecule is C=CCOC(=O)N[C@H](CSSC(S)[C@@H](NC(=O)OCC=C)C(=O)O)C(=O)O. The maximum absolute atomic E-state index is 11.5. The molecule has 0 spiro atoms. The number of hydrogen-bond acceptors (Lipinski definition) is 9. The molecule has 0 aliphatic heterocycles. The van der Waals surface area contributed by atoms with E-state index in [0.717, 1.165) is 21.6 Å². The second kappa shape index (κ2) is 14.1. The molecule has 0 rings (SSSR count). The zero-order chi connectivity index (χ0) is 20.8. The number of nitrogens with one attached hydrogen (secondary N) is 2. The third-order valence-electron chi connectivity index (χ3n) is 2.48. The Morgan fingerprint density at radius 3 is 1.96 bits per heavy atom. The highest BCUT2D eigenvalue weighted by Crippen LogP contribution is 2.32. The fourth-order valence-corrected chi connectivity index (χ4v) is 4.30. The molecule has 0 saturated carbocycles. The van der Waals surface area contributed by atoms with E-state index in [4.69, 9.17) is 5.11 Å². The molecule has 0 aromatic rings. The Morgan fingerprint density at radius 2 is 1.52 bits per heavy atom. The summed E-state index contributed by atoms with van der Waals surface area (Å²) in [5, 5.41) is 22.6. The molecule has 152 valence electrons. The summed E-state index contributed by atoms with van der Waals surface area (Å²) in [6, 6.07) is -2.66. The van der Waals surface area contributed by atoms with Crippen LogP contribution >= 0.6 is 34.2 Å². The average Bonchev–Trinajstić information content (AvgIpc) is 2.61. The molecule has 10 nitrogen and oxygen atoms in total. The van der Waals surface area contributed by atoms with Gasteiger partial charge < -0.3 is 30.3 Å². The topological polar surface area (TPSA) is 151 Å². The van der Waals surface area contributed by atoms with Crippen molar-refractivity contribution in [2.45, 2.75) is 16.7 Å². The van der Waals surface area contributed by atoms with Crippen LogP contribution in [0, 0.1) is 0 Å². The number of hydrogen-bond donors (Lipinski definition) is 5. The predicted octanol–water partition coefficient (Wildman–Crippen LogP) is 1.35. The fraction of sp³-hybridized carbons (Fsp3) is 0.429. The molecule has 0 saturated heterocycles. The molecule has 3 atom stereocenters. The zero-order valence-electron chi connectivity index (χ0n) is 14.0. The number of rotatable bonds is 13. The lowest BCUT2D eigenvalue weighted by atomic mass is 10.3. The van der Waals surface area contributed by atoms with Crippen LogP contribution in [0.2, 0.25) is 0 Å². The summed E-state index contributed by atoms with van der Waals surface area (Å²) >= 11 is 4.10. The maximum atomic E-state index is 11.5. The van der Waals surface area contributed by atoms with Crippen LogP contribution in [0.4, 0.5) is 9.59 Å². The summed E-state index contributed by atoms with van der Waals surface area (Å²) in [5.74, 6) is -2.75. The van der Waals surface area contributed by atoms with E-state index >= 15 is 0 Å². The summed E-state index contributed by atoms with van der Waals surface area (Å²) < 4.78 is 8.36. The van der Waals surface area contributed by atoms with Crippen LogP contribution in [0.3, 0.4) is 0 Å². The lowest BCUT2D eigenvalue weighted by Crippen LogP contribution is -2.46. The lowest BCUT2D eigenvalue weighted by molar-refractivity contribution is -0.139. The summed E-state index contributed by atoms with van der Waals surface area (Å²) in [6.45, 7) is 6.54. The van der Waals surface area contributed by atoms with Crippen LogP contribution < -0.4 is 10.6 Å². The molecule has 1 unspecified atom stereocenters. The molecule has 4 N–H and O–H groups in total. The van der Waals surface area contributed by atoms with Crippen LogP contribution in [0.5, 0.6) is 0 Å². The van der Waals surface area contributed by atoms with Gasteiger partial charge in [-0.2, -0.15) is 12.6 Å². The third kappa shape index (κ3) is 11.4.